The fourth-order valence-corrected chi connectivity index (χ4v) is 3.56. The summed E-state index contributed by atoms with van der Waals surface area (Å²) in [4.78, 5) is 11.8. The van der Waals surface area contributed by atoms with Crippen LogP contribution in [-0.2, 0) is 6.54 Å². The molecule has 1 aromatic carbocycles. The summed E-state index contributed by atoms with van der Waals surface area (Å²) in [5.41, 5.74) is 2.77. The van der Waals surface area contributed by atoms with Gasteiger partial charge in [-0.2, -0.15) is 11.8 Å². The number of aryl methyl sites for hydroxylation is 2. The molecule has 4 nitrogen and oxygen atoms in total. The Morgan fingerprint density at radius 3 is 2.85 bits per heavy atom. The Hall–Kier alpha value is -1.20. The van der Waals surface area contributed by atoms with Crippen LogP contribution >= 0.6 is 11.8 Å². The lowest BCUT2D eigenvalue weighted by molar-refractivity contribution is 0.0700. The molecule has 0 radical (unpaired) electrons. The van der Waals surface area contributed by atoms with E-state index in [9.17, 15) is 9.90 Å². The average molecular weight is 294 g/mol. The molecule has 0 aromatic heterocycles. The van der Waals surface area contributed by atoms with Crippen LogP contribution in [0.5, 0.6) is 0 Å². The fraction of sp³-hybridized carbons (Fsp3) is 0.533. The standard InChI is InChI=1S/C15H22N2O2S/c1-11-3-4-13(12(2)7-11)8-16-14(18)17-9-15(19)5-6-20-10-15/h3-4,7,19H,5-6,8-10H2,1-2H3,(H2,16,17,18). The van der Waals surface area contributed by atoms with E-state index in [0.717, 1.165) is 17.7 Å². The molecular weight excluding hydrogens is 272 g/mol. The van der Waals surface area contributed by atoms with Gasteiger partial charge in [0.2, 0.25) is 0 Å². The Morgan fingerprint density at radius 1 is 1.40 bits per heavy atom. The third kappa shape index (κ3) is 4.15. The molecule has 0 bridgehead atoms. The van der Waals surface area contributed by atoms with Gasteiger partial charge in [-0.3, -0.25) is 0 Å². The van der Waals surface area contributed by atoms with E-state index in [0.29, 0.717) is 18.8 Å². The van der Waals surface area contributed by atoms with E-state index in [2.05, 4.69) is 23.6 Å². The lowest BCUT2D eigenvalue weighted by atomic mass is 10.0. The number of amides is 2. The normalized spacial score (nSPS) is 21.8. The van der Waals surface area contributed by atoms with Gasteiger partial charge in [0.15, 0.2) is 0 Å². The van der Waals surface area contributed by atoms with Crippen LogP contribution in [0, 0.1) is 13.8 Å². The average Bonchev–Trinajstić information content (AvgIpc) is 2.83. The maximum absolute atomic E-state index is 11.8. The molecule has 5 heteroatoms. The highest BCUT2D eigenvalue weighted by Crippen LogP contribution is 2.26. The molecular formula is C15H22N2O2S. The van der Waals surface area contributed by atoms with Crippen molar-refractivity contribution in [1.29, 1.82) is 0 Å². The van der Waals surface area contributed by atoms with Gasteiger partial charge in [-0.05, 0) is 37.1 Å². The topological polar surface area (TPSA) is 61.4 Å². The zero-order chi connectivity index (χ0) is 14.6. The molecule has 2 rings (SSSR count). The first-order valence-corrected chi connectivity index (χ1v) is 8.02. The number of rotatable bonds is 4. The number of nitrogens with one attached hydrogen (secondary N) is 2. The summed E-state index contributed by atoms with van der Waals surface area (Å²) < 4.78 is 0. The van der Waals surface area contributed by atoms with Gasteiger partial charge in [0, 0.05) is 18.8 Å². The molecule has 1 heterocycles. The van der Waals surface area contributed by atoms with E-state index < -0.39 is 5.60 Å². The second-order valence-electron chi connectivity index (χ2n) is 5.49. The minimum atomic E-state index is -0.734. The van der Waals surface area contributed by atoms with Crippen molar-refractivity contribution in [2.75, 3.05) is 18.1 Å². The van der Waals surface area contributed by atoms with Crippen molar-refractivity contribution in [2.24, 2.45) is 0 Å². The number of thioether (sulfide) groups is 1. The van der Waals surface area contributed by atoms with Crippen LogP contribution in [0.15, 0.2) is 18.2 Å². The molecule has 1 atom stereocenters. The number of hydrogen-bond acceptors (Lipinski definition) is 3. The minimum Gasteiger partial charge on any atom is -0.387 e. The van der Waals surface area contributed by atoms with Crippen molar-refractivity contribution < 1.29 is 9.90 Å². The lowest BCUT2D eigenvalue weighted by Crippen LogP contribution is -2.46. The van der Waals surface area contributed by atoms with Gasteiger partial charge in [0.05, 0.1) is 5.60 Å². The summed E-state index contributed by atoms with van der Waals surface area (Å²) >= 11 is 1.72. The first kappa shape index (κ1) is 15.2. The van der Waals surface area contributed by atoms with Crippen molar-refractivity contribution >= 4 is 17.8 Å². The zero-order valence-electron chi connectivity index (χ0n) is 12.0. The van der Waals surface area contributed by atoms with Crippen molar-refractivity contribution in [3.8, 4) is 0 Å². The van der Waals surface area contributed by atoms with Crippen molar-refractivity contribution in [3.05, 3.63) is 34.9 Å². The molecule has 0 aliphatic carbocycles. The molecule has 1 saturated heterocycles. The highest BCUT2D eigenvalue weighted by Gasteiger charge is 2.31. The van der Waals surface area contributed by atoms with Gasteiger partial charge < -0.3 is 15.7 Å². The van der Waals surface area contributed by atoms with E-state index in [-0.39, 0.29) is 6.03 Å². The Balaban J connectivity index is 1.77. The molecule has 2 amide bonds. The lowest BCUT2D eigenvalue weighted by Gasteiger charge is -2.21. The van der Waals surface area contributed by atoms with E-state index in [1.165, 1.54) is 11.1 Å². The molecule has 0 spiro atoms. The predicted octanol–water partition coefficient (Wildman–Crippen LogP) is 1.97. The quantitative estimate of drug-likeness (QED) is 0.795. The Kier molecular flexibility index (Phi) is 4.94. The van der Waals surface area contributed by atoms with Crippen LogP contribution in [0.25, 0.3) is 0 Å². The Morgan fingerprint density at radius 2 is 2.20 bits per heavy atom. The number of aliphatic hydroxyl groups is 1. The zero-order valence-corrected chi connectivity index (χ0v) is 12.8. The van der Waals surface area contributed by atoms with Gasteiger partial charge in [-0.15, -0.1) is 0 Å². The van der Waals surface area contributed by atoms with Crippen molar-refractivity contribution in [1.82, 2.24) is 10.6 Å². The second-order valence-corrected chi connectivity index (χ2v) is 6.60. The van der Waals surface area contributed by atoms with Gasteiger partial charge in [0.25, 0.3) is 0 Å². The SMILES string of the molecule is Cc1ccc(CNC(=O)NCC2(O)CCSC2)c(C)c1. The number of hydrogen-bond donors (Lipinski definition) is 3. The van der Waals surface area contributed by atoms with Crippen molar-refractivity contribution in [3.63, 3.8) is 0 Å². The summed E-state index contributed by atoms with van der Waals surface area (Å²) in [6.45, 7) is 4.92. The van der Waals surface area contributed by atoms with E-state index in [1.54, 1.807) is 11.8 Å². The highest BCUT2D eigenvalue weighted by atomic mass is 32.2. The Bertz CT molecular complexity index is 485. The molecule has 20 heavy (non-hydrogen) atoms. The summed E-state index contributed by atoms with van der Waals surface area (Å²) in [5.74, 6) is 1.66. The molecule has 1 aromatic rings. The summed E-state index contributed by atoms with van der Waals surface area (Å²) in [6.07, 6.45) is 0.745. The second kappa shape index (κ2) is 6.50. The smallest absolute Gasteiger partial charge is 0.315 e. The molecule has 1 fully saturated rings. The molecule has 3 N–H and O–H groups in total. The van der Waals surface area contributed by atoms with Crippen LogP contribution < -0.4 is 10.6 Å². The van der Waals surface area contributed by atoms with Gasteiger partial charge in [-0.1, -0.05) is 23.8 Å². The first-order chi connectivity index (χ1) is 9.48. The summed E-state index contributed by atoms with van der Waals surface area (Å²) in [5, 5.41) is 15.7. The molecule has 1 aliphatic heterocycles. The Labute approximate surface area is 124 Å². The third-order valence-electron chi connectivity index (χ3n) is 3.60. The van der Waals surface area contributed by atoms with Crippen LogP contribution in [0.4, 0.5) is 4.79 Å². The maximum Gasteiger partial charge on any atom is 0.315 e. The number of carbonyl (C=O) groups is 1. The third-order valence-corrected chi connectivity index (χ3v) is 4.83. The van der Waals surface area contributed by atoms with Gasteiger partial charge in [-0.25, -0.2) is 4.79 Å². The minimum absolute atomic E-state index is 0.227. The first-order valence-electron chi connectivity index (χ1n) is 6.86. The molecule has 1 unspecified atom stereocenters. The fourth-order valence-electron chi connectivity index (χ4n) is 2.26. The summed E-state index contributed by atoms with van der Waals surface area (Å²) in [6, 6.07) is 5.95. The van der Waals surface area contributed by atoms with Crippen LogP contribution in [0.2, 0.25) is 0 Å². The number of urea groups is 1. The van der Waals surface area contributed by atoms with E-state index in [4.69, 9.17) is 0 Å². The molecule has 0 saturated carbocycles. The van der Waals surface area contributed by atoms with Crippen LogP contribution in [-0.4, -0.2) is 34.8 Å². The highest BCUT2D eigenvalue weighted by molar-refractivity contribution is 7.99. The number of carbonyl (C=O) groups excluding carboxylic acids is 1. The van der Waals surface area contributed by atoms with E-state index in [1.807, 2.05) is 19.1 Å². The largest absolute Gasteiger partial charge is 0.387 e. The molecule has 110 valence electrons. The van der Waals surface area contributed by atoms with E-state index >= 15 is 0 Å². The summed E-state index contributed by atoms with van der Waals surface area (Å²) in [7, 11) is 0. The van der Waals surface area contributed by atoms with Gasteiger partial charge >= 0.3 is 6.03 Å². The van der Waals surface area contributed by atoms with Crippen molar-refractivity contribution in [2.45, 2.75) is 32.4 Å². The monoisotopic (exact) mass is 294 g/mol. The molecule has 1 aliphatic rings. The number of benzene rings is 1. The van der Waals surface area contributed by atoms with Gasteiger partial charge in [0.1, 0.15) is 0 Å². The van der Waals surface area contributed by atoms with Crippen LogP contribution in [0.3, 0.4) is 0 Å². The maximum atomic E-state index is 11.8. The predicted molar refractivity (Wildman–Crippen MR) is 83.0 cm³/mol. The van der Waals surface area contributed by atoms with Crippen LogP contribution in [0.1, 0.15) is 23.1 Å².